The van der Waals surface area contributed by atoms with E-state index in [1.807, 2.05) is 24.3 Å². The maximum atomic E-state index is 9.66. The average Bonchev–Trinajstić information content (AvgIpc) is 2.93. The first-order valence-corrected chi connectivity index (χ1v) is 7.13. The van der Waals surface area contributed by atoms with Crippen LogP contribution in [-0.4, -0.2) is 17.2 Å². The number of para-hydroxylation sites is 1. The molecular formula is C15H13N3O2S. The van der Waals surface area contributed by atoms with Gasteiger partial charge in [-0.3, -0.25) is 0 Å². The highest BCUT2D eigenvalue weighted by Crippen LogP contribution is 2.36. The van der Waals surface area contributed by atoms with Crippen molar-refractivity contribution in [3.8, 4) is 11.5 Å². The second-order valence-electron chi connectivity index (χ2n) is 4.48. The third-order valence-corrected chi connectivity index (χ3v) is 4.28. The van der Waals surface area contributed by atoms with Crippen LogP contribution in [0.3, 0.4) is 0 Å². The van der Waals surface area contributed by atoms with Crippen LogP contribution in [0.5, 0.6) is 11.5 Å². The lowest BCUT2D eigenvalue weighted by atomic mass is 10.1. The second kappa shape index (κ2) is 5.49. The SMILES string of the molecule is COc1cc(C(N=N)c2nc3ccccc3s2)ccc1O. The summed E-state index contributed by atoms with van der Waals surface area (Å²) in [7, 11) is 1.49. The molecule has 2 aromatic carbocycles. The quantitative estimate of drug-likeness (QED) is 0.711. The van der Waals surface area contributed by atoms with Crippen LogP contribution in [-0.2, 0) is 0 Å². The molecule has 5 nitrogen and oxygen atoms in total. The number of fused-ring (bicyclic) bond motifs is 1. The van der Waals surface area contributed by atoms with Gasteiger partial charge in [0.1, 0.15) is 11.0 Å². The Hall–Kier alpha value is -2.47. The van der Waals surface area contributed by atoms with Crippen LogP contribution in [0.2, 0.25) is 0 Å². The van der Waals surface area contributed by atoms with Gasteiger partial charge in [0.15, 0.2) is 11.5 Å². The van der Waals surface area contributed by atoms with Gasteiger partial charge >= 0.3 is 0 Å². The molecule has 1 aromatic heterocycles. The fourth-order valence-corrected chi connectivity index (χ4v) is 3.18. The van der Waals surface area contributed by atoms with Crippen LogP contribution in [0.15, 0.2) is 47.6 Å². The number of phenolic OH excluding ortho intramolecular Hbond substituents is 1. The maximum absolute atomic E-state index is 9.66. The zero-order valence-electron chi connectivity index (χ0n) is 11.3. The van der Waals surface area contributed by atoms with Crippen molar-refractivity contribution < 1.29 is 9.84 Å². The summed E-state index contributed by atoms with van der Waals surface area (Å²) in [5.41, 5.74) is 9.14. The maximum Gasteiger partial charge on any atom is 0.160 e. The van der Waals surface area contributed by atoms with Crippen molar-refractivity contribution in [3.05, 3.63) is 53.0 Å². The zero-order chi connectivity index (χ0) is 14.8. The molecule has 21 heavy (non-hydrogen) atoms. The Balaban J connectivity index is 2.07. The molecule has 0 aliphatic heterocycles. The minimum atomic E-state index is -0.489. The van der Waals surface area contributed by atoms with E-state index < -0.39 is 6.04 Å². The van der Waals surface area contributed by atoms with Crippen LogP contribution in [0.1, 0.15) is 16.6 Å². The summed E-state index contributed by atoms with van der Waals surface area (Å²) in [6.45, 7) is 0. The van der Waals surface area contributed by atoms with E-state index in [0.29, 0.717) is 5.75 Å². The van der Waals surface area contributed by atoms with Crippen molar-refractivity contribution in [2.75, 3.05) is 7.11 Å². The molecule has 0 fully saturated rings. The zero-order valence-corrected chi connectivity index (χ0v) is 12.1. The number of hydrogen-bond acceptors (Lipinski definition) is 6. The third kappa shape index (κ3) is 2.45. The summed E-state index contributed by atoms with van der Waals surface area (Å²) >= 11 is 1.51. The molecule has 3 rings (SSSR count). The van der Waals surface area contributed by atoms with Crippen molar-refractivity contribution >= 4 is 21.6 Å². The largest absolute Gasteiger partial charge is 0.504 e. The minimum absolute atomic E-state index is 0.0641. The van der Waals surface area contributed by atoms with E-state index in [1.54, 1.807) is 18.2 Å². The van der Waals surface area contributed by atoms with Gasteiger partial charge in [-0.25, -0.2) is 10.5 Å². The number of benzene rings is 2. The molecular weight excluding hydrogens is 286 g/mol. The van der Waals surface area contributed by atoms with E-state index in [4.69, 9.17) is 10.3 Å². The predicted octanol–water partition coefficient (Wildman–Crippen LogP) is 4.13. The fourth-order valence-electron chi connectivity index (χ4n) is 2.14. The number of hydrogen-bond donors (Lipinski definition) is 2. The normalized spacial score (nSPS) is 12.2. The van der Waals surface area contributed by atoms with Gasteiger partial charge in [-0.1, -0.05) is 18.2 Å². The van der Waals surface area contributed by atoms with Gasteiger partial charge in [0.2, 0.25) is 0 Å². The number of rotatable bonds is 4. The number of aromatic hydroxyl groups is 1. The fraction of sp³-hybridized carbons (Fsp3) is 0.133. The number of nitrogens with one attached hydrogen (secondary N) is 1. The number of aromatic nitrogens is 1. The molecule has 0 bridgehead atoms. The van der Waals surface area contributed by atoms with Crippen molar-refractivity contribution in [3.63, 3.8) is 0 Å². The summed E-state index contributed by atoms with van der Waals surface area (Å²) in [5.74, 6) is 0.427. The van der Waals surface area contributed by atoms with Gasteiger partial charge in [0.05, 0.1) is 17.3 Å². The Bertz CT molecular complexity index is 767. The van der Waals surface area contributed by atoms with E-state index in [9.17, 15) is 5.11 Å². The van der Waals surface area contributed by atoms with Crippen LogP contribution in [0.4, 0.5) is 0 Å². The van der Waals surface area contributed by atoms with Crippen molar-refractivity contribution in [1.82, 2.24) is 4.98 Å². The summed E-state index contributed by atoms with van der Waals surface area (Å²) in [4.78, 5) is 4.54. The first kappa shape index (κ1) is 13.5. The Morgan fingerprint density at radius 3 is 2.81 bits per heavy atom. The van der Waals surface area contributed by atoms with Crippen LogP contribution >= 0.6 is 11.3 Å². The lowest BCUT2D eigenvalue weighted by Crippen LogP contribution is -1.97. The number of phenols is 1. The van der Waals surface area contributed by atoms with E-state index >= 15 is 0 Å². The van der Waals surface area contributed by atoms with Gasteiger partial charge < -0.3 is 9.84 Å². The summed E-state index contributed by atoms with van der Waals surface area (Å²) in [6, 6.07) is 12.3. The number of thiazole rings is 1. The van der Waals surface area contributed by atoms with Gasteiger partial charge in [0.25, 0.3) is 0 Å². The second-order valence-corrected chi connectivity index (χ2v) is 5.54. The molecule has 0 spiro atoms. The Morgan fingerprint density at radius 2 is 2.10 bits per heavy atom. The number of methoxy groups -OCH3 is 1. The third-order valence-electron chi connectivity index (χ3n) is 3.19. The highest BCUT2D eigenvalue weighted by Gasteiger charge is 2.19. The van der Waals surface area contributed by atoms with Crippen LogP contribution < -0.4 is 4.74 Å². The average molecular weight is 299 g/mol. The molecule has 1 unspecified atom stereocenters. The van der Waals surface area contributed by atoms with Gasteiger partial charge in [-0.05, 0) is 29.8 Å². The first-order valence-electron chi connectivity index (χ1n) is 6.32. The van der Waals surface area contributed by atoms with Gasteiger partial charge in [-0.2, -0.15) is 5.11 Å². The van der Waals surface area contributed by atoms with Crippen LogP contribution in [0.25, 0.3) is 10.2 Å². The van der Waals surface area contributed by atoms with Crippen molar-refractivity contribution in [2.24, 2.45) is 5.11 Å². The highest BCUT2D eigenvalue weighted by molar-refractivity contribution is 7.18. The van der Waals surface area contributed by atoms with Gasteiger partial charge in [-0.15, -0.1) is 11.3 Å². The monoisotopic (exact) mass is 299 g/mol. The molecule has 0 saturated carbocycles. The molecule has 1 atom stereocenters. The molecule has 2 N–H and O–H groups in total. The van der Waals surface area contributed by atoms with E-state index in [0.717, 1.165) is 20.8 Å². The molecule has 3 aromatic rings. The molecule has 0 aliphatic rings. The van der Waals surface area contributed by atoms with Crippen molar-refractivity contribution in [2.45, 2.75) is 6.04 Å². The standard InChI is InChI=1S/C15H13N3O2S/c1-20-12-8-9(6-7-11(12)19)14(18-16)15-17-10-4-2-3-5-13(10)21-15/h2-8,14,16,19H,1H3. The number of ether oxygens (including phenoxy) is 1. The summed E-state index contributed by atoms with van der Waals surface area (Å²) < 4.78 is 6.17. The summed E-state index contributed by atoms with van der Waals surface area (Å²) in [6.07, 6.45) is 0. The first-order chi connectivity index (χ1) is 10.2. The molecule has 106 valence electrons. The predicted molar refractivity (Wildman–Crippen MR) is 81.3 cm³/mol. The smallest absolute Gasteiger partial charge is 0.160 e. The summed E-state index contributed by atoms with van der Waals surface area (Å²) in [5, 5.41) is 14.1. The molecule has 0 saturated heterocycles. The molecule has 6 heteroatoms. The van der Waals surface area contributed by atoms with Crippen LogP contribution in [0, 0.1) is 5.53 Å². The molecule has 0 radical (unpaired) electrons. The minimum Gasteiger partial charge on any atom is -0.504 e. The lowest BCUT2D eigenvalue weighted by Gasteiger charge is -2.10. The Labute approximate surface area is 125 Å². The Kier molecular flexibility index (Phi) is 3.53. The number of nitrogens with zero attached hydrogens (tertiary/aromatic N) is 2. The molecule has 1 heterocycles. The lowest BCUT2D eigenvalue weighted by molar-refractivity contribution is 0.372. The molecule has 0 amide bonds. The van der Waals surface area contributed by atoms with Crippen molar-refractivity contribution in [1.29, 1.82) is 5.53 Å². The van der Waals surface area contributed by atoms with Gasteiger partial charge in [0, 0.05) is 0 Å². The van der Waals surface area contributed by atoms with E-state index in [-0.39, 0.29) is 5.75 Å². The van der Waals surface area contributed by atoms with E-state index in [1.165, 1.54) is 18.4 Å². The highest BCUT2D eigenvalue weighted by atomic mass is 32.1. The molecule has 0 aliphatic carbocycles. The van der Waals surface area contributed by atoms with E-state index in [2.05, 4.69) is 10.1 Å². The Morgan fingerprint density at radius 1 is 1.29 bits per heavy atom. The topological polar surface area (TPSA) is 78.6 Å².